The van der Waals surface area contributed by atoms with Gasteiger partial charge >= 0.3 is 0 Å². The summed E-state index contributed by atoms with van der Waals surface area (Å²) in [5, 5.41) is 3.10. The predicted octanol–water partition coefficient (Wildman–Crippen LogP) is 3.67. The molecule has 1 amide bonds. The third-order valence-electron chi connectivity index (χ3n) is 3.85. The lowest BCUT2D eigenvalue weighted by atomic mass is 10.1. The summed E-state index contributed by atoms with van der Waals surface area (Å²) < 4.78 is 5.27. The molecule has 1 fully saturated rings. The van der Waals surface area contributed by atoms with Gasteiger partial charge in [0.1, 0.15) is 5.75 Å². The highest BCUT2D eigenvalue weighted by atomic mass is 35.5. The summed E-state index contributed by atoms with van der Waals surface area (Å²) in [4.78, 5) is 12.5. The van der Waals surface area contributed by atoms with E-state index in [1.807, 2.05) is 25.1 Å². The minimum Gasteiger partial charge on any atom is -0.496 e. The number of hydrogen-bond donors (Lipinski definition) is 1. The van der Waals surface area contributed by atoms with Crippen molar-refractivity contribution in [2.75, 3.05) is 7.11 Å². The third-order valence-corrected chi connectivity index (χ3v) is 4.37. The summed E-state index contributed by atoms with van der Waals surface area (Å²) in [6.07, 6.45) is 5.39. The average Bonchev–Trinajstić information content (AvgIpc) is 2.64. The van der Waals surface area contributed by atoms with Crippen LogP contribution in [-0.4, -0.2) is 24.4 Å². The molecule has 0 heterocycles. The molecule has 2 rings (SSSR count). The molecule has 0 aliphatic heterocycles. The topological polar surface area (TPSA) is 38.3 Å². The van der Waals surface area contributed by atoms with Crippen molar-refractivity contribution in [3.63, 3.8) is 0 Å². The molecule has 0 spiro atoms. The first-order valence-electron chi connectivity index (χ1n) is 7.21. The van der Waals surface area contributed by atoms with E-state index >= 15 is 0 Å². The van der Waals surface area contributed by atoms with Gasteiger partial charge in [0, 0.05) is 6.04 Å². The average molecular weight is 296 g/mol. The van der Waals surface area contributed by atoms with E-state index in [-0.39, 0.29) is 17.3 Å². The highest BCUT2D eigenvalue weighted by Crippen LogP contribution is 2.24. The molecule has 0 bridgehead atoms. The monoisotopic (exact) mass is 295 g/mol. The first-order valence-corrected chi connectivity index (χ1v) is 7.65. The smallest absolute Gasteiger partial charge is 0.255 e. The van der Waals surface area contributed by atoms with E-state index in [4.69, 9.17) is 16.3 Å². The van der Waals surface area contributed by atoms with Crippen LogP contribution in [0, 0.1) is 6.92 Å². The molecule has 20 heavy (non-hydrogen) atoms. The van der Waals surface area contributed by atoms with Crippen LogP contribution < -0.4 is 10.1 Å². The number of benzene rings is 1. The van der Waals surface area contributed by atoms with E-state index in [2.05, 4.69) is 5.32 Å². The second-order valence-electron chi connectivity index (χ2n) is 5.44. The van der Waals surface area contributed by atoms with Gasteiger partial charge in [-0.2, -0.15) is 0 Å². The highest BCUT2D eigenvalue weighted by Gasteiger charge is 2.24. The van der Waals surface area contributed by atoms with Gasteiger partial charge in [0.2, 0.25) is 0 Å². The standard InChI is InChI=1S/C16H22ClNO2/c1-11-8-9-15(20-2)12(10-11)16(19)18-14-7-5-3-4-6-13(14)17/h8-10,13-14H,3-7H2,1-2H3,(H,18,19). The first-order chi connectivity index (χ1) is 9.61. The quantitative estimate of drug-likeness (QED) is 0.682. The Hall–Kier alpha value is -1.22. The Morgan fingerprint density at radius 2 is 2.05 bits per heavy atom. The highest BCUT2D eigenvalue weighted by molar-refractivity contribution is 6.21. The van der Waals surface area contributed by atoms with Crippen molar-refractivity contribution < 1.29 is 9.53 Å². The van der Waals surface area contributed by atoms with Crippen molar-refractivity contribution in [3.8, 4) is 5.75 Å². The summed E-state index contributed by atoms with van der Waals surface area (Å²) in [5.41, 5.74) is 1.62. The maximum absolute atomic E-state index is 12.5. The van der Waals surface area contributed by atoms with Crippen molar-refractivity contribution >= 4 is 17.5 Å². The SMILES string of the molecule is COc1ccc(C)cc1C(=O)NC1CCCCCC1Cl. The number of rotatable bonds is 3. The molecular weight excluding hydrogens is 274 g/mol. The molecule has 2 atom stereocenters. The van der Waals surface area contributed by atoms with Gasteiger partial charge in [-0.1, -0.05) is 30.9 Å². The van der Waals surface area contributed by atoms with E-state index in [1.54, 1.807) is 7.11 Å². The summed E-state index contributed by atoms with van der Waals surface area (Å²) in [6, 6.07) is 5.67. The van der Waals surface area contributed by atoms with Crippen LogP contribution in [0.2, 0.25) is 0 Å². The molecule has 3 nitrogen and oxygen atoms in total. The van der Waals surface area contributed by atoms with Crippen molar-refractivity contribution in [3.05, 3.63) is 29.3 Å². The van der Waals surface area contributed by atoms with Gasteiger partial charge in [0.15, 0.2) is 0 Å². The first kappa shape index (κ1) is 15.2. The maximum Gasteiger partial charge on any atom is 0.255 e. The second-order valence-corrected chi connectivity index (χ2v) is 6.00. The summed E-state index contributed by atoms with van der Waals surface area (Å²) >= 11 is 6.38. The Morgan fingerprint density at radius 1 is 1.30 bits per heavy atom. The van der Waals surface area contributed by atoms with Crippen LogP contribution >= 0.6 is 11.6 Å². The lowest BCUT2D eigenvalue weighted by Crippen LogP contribution is -2.40. The van der Waals surface area contributed by atoms with Gasteiger partial charge in [-0.3, -0.25) is 4.79 Å². The van der Waals surface area contributed by atoms with Gasteiger partial charge < -0.3 is 10.1 Å². The fourth-order valence-electron chi connectivity index (χ4n) is 2.67. The number of carbonyl (C=O) groups excluding carboxylic acids is 1. The molecular formula is C16H22ClNO2. The van der Waals surface area contributed by atoms with Crippen LogP contribution in [0.5, 0.6) is 5.75 Å². The largest absolute Gasteiger partial charge is 0.496 e. The Balaban J connectivity index is 2.12. The van der Waals surface area contributed by atoms with Crippen LogP contribution in [0.3, 0.4) is 0 Å². The zero-order chi connectivity index (χ0) is 14.5. The van der Waals surface area contributed by atoms with Crippen molar-refractivity contribution in [1.82, 2.24) is 5.32 Å². The number of amides is 1. The van der Waals surface area contributed by atoms with E-state index in [0.717, 1.165) is 31.2 Å². The molecule has 1 saturated carbocycles. The van der Waals surface area contributed by atoms with E-state index in [9.17, 15) is 4.79 Å². The van der Waals surface area contributed by atoms with Gasteiger partial charge in [0.25, 0.3) is 5.91 Å². The van der Waals surface area contributed by atoms with Crippen LogP contribution in [0.4, 0.5) is 0 Å². The fourth-order valence-corrected chi connectivity index (χ4v) is 3.01. The Morgan fingerprint density at radius 3 is 2.80 bits per heavy atom. The summed E-state index contributed by atoms with van der Waals surface area (Å²) in [5.74, 6) is 0.510. The zero-order valence-corrected chi connectivity index (χ0v) is 12.9. The molecule has 4 heteroatoms. The Bertz CT molecular complexity index is 476. The molecule has 1 aliphatic rings. The molecule has 0 radical (unpaired) electrons. The molecule has 1 aromatic rings. The van der Waals surface area contributed by atoms with Crippen LogP contribution in [0.15, 0.2) is 18.2 Å². The zero-order valence-electron chi connectivity index (χ0n) is 12.1. The normalized spacial score (nSPS) is 22.9. The van der Waals surface area contributed by atoms with Gasteiger partial charge in [-0.15, -0.1) is 11.6 Å². The predicted molar refractivity (Wildman–Crippen MR) is 81.7 cm³/mol. The number of hydrogen-bond acceptors (Lipinski definition) is 2. The lowest BCUT2D eigenvalue weighted by molar-refractivity contribution is 0.0931. The molecule has 2 unspecified atom stereocenters. The molecule has 0 saturated heterocycles. The summed E-state index contributed by atoms with van der Waals surface area (Å²) in [7, 11) is 1.58. The van der Waals surface area contributed by atoms with Crippen LogP contribution in [-0.2, 0) is 0 Å². The van der Waals surface area contributed by atoms with Crippen molar-refractivity contribution in [2.45, 2.75) is 50.4 Å². The molecule has 1 aromatic carbocycles. The molecule has 110 valence electrons. The van der Waals surface area contributed by atoms with Gasteiger partial charge in [-0.25, -0.2) is 0 Å². The van der Waals surface area contributed by atoms with Gasteiger partial charge in [-0.05, 0) is 31.9 Å². The van der Waals surface area contributed by atoms with E-state index in [1.165, 1.54) is 6.42 Å². The third kappa shape index (κ3) is 3.66. The minimum atomic E-state index is -0.0944. The van der Waals surface area contributed by atoms with Crippen LogP contribution in [0.25, 0.3) is 0 Å². The fraction of sp³-hybridized carbons (Fsp3) is 0.562. The maximum atomic E-state index is 12.5. The number of halogens is 1. The lowest BCUT2D eigenvalue weighted by Gasteiger charge is -2.21. The Kier molecular flexibility index (Phi) is 5.30. The number of ether oxygens (including phenoxy) is 1. The number of alkyl halides is 1. The number of nitrogens with one attached hydrogen (secondary N) is 1. The van der Waals surface area contributed by atoms with E-state index < -0.39 is 0 Å². The van der Waals surface area contributed by atoms with Crippen LogP contribution in [0.1, 0.15) is 48.0 Å². The molecule has 0 aromatic heterocycles. The van der Waals surface area contributed by atoms with Crippen molar-refractivity contribution in [1.29, 1.82) is 0 Å². The number of aryl methyl sites for hydroxylation is 1. The van der Waals surface area contributed by atoms with Crippen molar-refractivity contribution in [2.24, 2.45) is 0 Å². The Labute approximate surface area is 125 Å². The summed E-state index contributed by atoms with van der Waals surface area (Å²) in [6.45, 7) is 1.96. The van der Waals surface area contributed by atoms with Gasteiger partial charge in [0.05, 0.1) is 18.1 Å². The number of carbonyl (C=O) groups is 1. The molecule has 1 aliphatic carbocycles. The molecule has 1 N–H and O–H groups in total. The minimum absolute atomic E-state index is 0.0252. The second kappa shape index (κ2) is 6.98. The number of methoxy groups -OCH3 is 1. The van der Waals surface area contributed by atoms with E-state index in [0.29, 0.717) is 11.3 Å².